The first-order valence-corrected chi connectivity index (χ1v) is 6.58. The number of nitrogen functional groups attached to an aromatic ring is 1. The molecule has 0 bridgehead atoms. The number of hydrogen-bond acceptors (Lipinski definition) is 4. The number of aromatic nitrogens is 1. The van der Waals surface area contributed by atoms with Gasteiger partial charge in [0.25, 0.3) is 5.91 Å². The number of amides is 1. The molecule has 2 aromatic rings. The van der Waals surface area contributed by atoms with Gasteiger partial charge in [0.15, 0.2) is 5.13 Å². The number of halogens is 2. The van der Waals surface area contributed by atoms with Gasteiger partial charge in [0.2, 0.25) is 0 Å². The second-order valence-corrected chi connectivity index (χ2v) is 5.40. The van der Waals surface area contributed by atoms with Crippen molar-refractivity contribution >= 4 is 44.0 Å². The van der Waals surface area contributed by atoms with Crippen LogP contribution in [0.5, 0.6) is 0 Å². The molecule has 4 nitrogen and oxygen atoms in total. The highest BCUT2D eigenvalue weighted by atomic mass is 79.9. The summed E-state index contributed by atoms with van der Waals surface area (Å²) in [6.07, 6.45) is 0. The number of nitrogens with zero attached hydrogens (tertiary/aromatic N) is 1. The summed E-state index contributed by atoms with van der Waals surface area (Å²) in [4.78, 5) is 16.3. The summed E-state index contributed by atoms with van der Waals surface area (Å²) in [5.41, 5.74) is 6.15. The van der Waals surface area contributed by atoms with E-state index in [1.807, 2.05) is 0 Å². The Kier molecular flexibility index (Phi) is 3.63. The quantitative estimate of drug-likeness (QED) is 0.889. The third-order valence-electron chi connectivity index (χ3n) is 2.22. The molecule has 2 rings (SSSR count). The summed E-state index contributed by atoms with van der Waals surface area (Å²) in [6, 6.07) is 4.46. The standard InChI is InChI=1S/C11H9BrFN3OS/c1-5-9(18-11(14)15-5)10(17)16-8-6(12)3-2-4-7(8)13/h2-4H,1H3,(H2,14,15)(H,16,17). The van der Waals surface area contributed by atoms with E-state index >= 15 is 0 Å². The molecule has 0 fully saturated rings. The monoisotopic (exact) mass is 329 g/mol. The number of benzene rings is 1. The van der Waals surface area contributed by atoms with Crippen molar-refractivity contribution in [1.82, 2.24) is 4.98 Å². The molecule has 0 unspecified atom stereocenters. The number of nitrogens with one attached hydrogen (secondary N) is 1. The van der Waals surface area contributed by atoms with Crippen LogP contribution in [0.4, 0.5) is 15.2 Å². The van der Waals surface area contributed by atoms with Crippen LogP contribution in [0.15, 0.2) is 22.7 Å². The van der Waals surface area contributed by atoms with E-state index in [4.69, 9.17) is 5.73 Å². The van der Waals surface area contributed by atoms with Crippen LogP contribution in [-0.2, 0) is 0 Å². The fourth-order valence-corrected chi connectivity index (χ4v) is 2.59. The summed E-state index contributed by atoms with van der Waals surface area (Å²) in [6.45, 7) is 1.68. The van der Waals surface area contributed by atoms with Gasteiger partial charge in [-0.3, -0.25) is 4.79 Å². The summed E-state index contributed by atoms with van der Waals surface area (Å²) in [7, 11) is 0. The maximum absolute atomic E-state index is 13.6. The van der Waals surface area contributed by atoms with Crippen LogP contribution in [0.1, 0.15) is 15.4 Å². The van der Waals surface area contributed by atoms with Gasteiger partial charge in [-0.2, -0.15) is 0 Å². The van der Waals surface area contributed by atoms with Gasteiger partial charge in [0.1, 0.15) is 10.7 Å². The molecule has 0 spiro atoms. The molecule has 0 radical (unpaired) electrons. The fourth-order valence-electron chi connectivity index (χ4n) is 1.42. The zero-order chi connectivity index (χ0) is 13.3. The lowest BCUT2D eigenvalue weighted by Gasteiger charge is -2.07. The van der Waals surface area contributed by atoms with Crippen LogP contribution >= 0.6 is 27.3 Å². The van der Waals surface area contributed by atoms with Crippen LogP contribution in [0.3, 0.4) is 0 Å². The van der Waals surface area contributed by atoms with Crippen LogP contribution in [0.2, 0.25) is 0 Å². The van der Waals surface area contributed by atoms with E-state index in [1.165, 1.54) is 6.07 Å². The lowest BCUT2D eigenvalue weighted by Crippen LogP contribution is -2.13. The first-order chi connectivity index (χ1) is 8.49. The van der Waals surface area contributed by atoms with Gasteiger partial charge in [-0.15, -0.1) is 0 Å². The summed E-state index contributed by atoms with van der Waals surface area (Å²) < 4.78 is 14.0. The van der Waals surface area contributed by atoms with E-state index in [1.54, 1.807) is 19.1 Å². The minimum atomic E-state index is -0.507. The van der Waals surface area contributed by atoms with Crippen molar-refractivity contribution in [3.05, 3.63) is 39.1 Å². The van der Waals surface area contributed by atoms with Gasteiger partial charge in [-0.25, -0.2) is 9.37 Å². The number of rotatable bonds is 2. The van der Waals surface area contributed by atoms with Gasteiger partial charge in [-0.05, 0) is 35.0 Å². The average Bonchev–Trinajstić information content (AvgIpc) is 2.63. The van der Waals surface area contributed by atoms with Crippen molar-refractivity contribution in [1.29, 1.82) is 0 Å². The molecule has 1 aromatic carbocycles. The summed E-state index contributed by atoms with van der Waals surface area (Å²) in [5.74, 6) is -0.930. The molecule has 0 saturated carbocycles. The Bertz CT molecular complexity index is 594. The molecule has 1 heterocycles. The van der Waals surface area contributed by atoms with E-state index in [0.29, 0.717) is 20.2 Å². The van der Waals surface area contributed by atoms with Crippen molar-refractivity contribution < 1.29 is 9.18 Å². The zero-order valence-electron chi connectivity index (χ0n) is 9.33. The second-order valence-electron chi connectivity index (χ2n) is 3.52. The van der Waals surface area contributed by atoms with Crippen LogP contribution in [0.25, 0.3) is 0 Å². The number of aryl methyl sites for hydroxylation is 1. The molecule has 1 aromatic heterocycles. The molecule has 1 amide bonds. The molecule has 0 aliphatic carbocycles. The highest BCUT2D eigenvalue weighted by Crippen LogP contribution is 2.27. The molecule has 0 aliphatic rings. The SMILES string of the molecule is Cc1nc(N)sc1C(=O)Nc1c(F)cccc1Br. The normalized spacial score (nSPS) is 10.4. The summed E-state index contributed by atoms with van der Waals surface area (Å²) >= 11 is 4.25. The molecule has 18 heavy (non-hydrogen) atoms. The largest absolute Gasteiger partial charge is 0.375 e. The predicted octanol–water partition coefficient (Wildman–Crippen LogP) is 3.19. The number of carbonyl (C=O) groups excluding carboxylic acids is 1. The number of thiazole rings is 1. The second kappa shape index (κ2) is 5.03. The fraction of sp³-hybridized carbons (Fsp3) is 0.0909. The Hall–Kier alpha value is -1.47. The van der Waals surface area contributed by atoms with E-state index < -0.39 is 11.7 Å². The van der Waals surface area contributed by atoms with Crippen molar-refractivity contribution in [3.8, 4) is 0 Å². The zero-order valence-corrected chi connectivity index (χ0v) is 11.7. The van der Waals surface area contributed by atoms with E-state index in [-0.39, 0.29) is 5.69 Å². The van der Waals surface area contributed by atoms with Crippen molar-refractivity contribution in [3.63, 3.8) is 0 Å². The molecule has 0 atom stereocenters. The minimum Gasteiger partial charge on any atom is -0.375 e. The van der Waals surface area contributed by atoms with Crippen LogP contribution in [-0.4, -0.2) is 10.9 Å². The van der Waals surface area contributed by atoms with Gasteiger partial charge in [-0.1, -0.05) is 17.4 Å². The van der Waals surface area contributed by atoms with Crippen molar-refractivity contribution in [2.75, 3.05) is 11.1 Å². The Morgan fingerprint density at radius 1 is 1.56 bits per heavy atom. The molecule has 7 heteroatoms. The average molecular weight is 330 g/mol. The lowest BCUT2D eigenvalue weighted by atomic mass is 10.3. The Morgan fingerprint density at radius 3 is 2.83 bits per heavy atom. The molecule has 3 N–H and O–H groups in total. The molecule has 94 valence electrons. The predicted molar refractivity (Wildman–Crippen MR) is 73.3 cm³/mol. The maximum atomic E-state index is 13.6. The number of nitrogens with two attached hydrogens (primary N) is 1. The highest BCUT2D eigenvalue weighted by molar-refractivity contribution is 9.10. The third-order valence-corrected chi connectivity index (χ3v) is 3.87. The van der Waals surface area contributed by atoms with E-state index in [2.05, 4.69) is 26.2 Å². The molecular weight excluding hydrogens is 321 g/mol. The van der Waals surface area contributed by atoms with E-state index in [9.17, 15) is 9.18 Å². The number of anilines is 2. The van der Waals surface area contributed by atoms with Gasteiger partial charge < -0.3 is 11.1 Å². The smallest absolute Gasteiger partial charge is 0.267 e. The van der Waals surface area contributed by atoms with Gasteiger partial charge in [0, 0.05) is 4.47 Å². The minimum absolute atomic E-state index is 0.105. The highest BCUT2D eigenvalue weighted by Gasteiger charge is 2.17. The Labute approximate surface area is 115 Å². The topological polar surface area (TPSA) is 68.0 Å². The number of hydrogen-bond donors (Lipinski definition) is 2. The maximum Gasteiger partial charge on any atom is 0.267 e. The van der Waals surface area contributed by atoms with Gasteiger partial charge in [0.05, 0.1) is 11.4 Å². The summed E-state index contributed by atoms with van der Waals surface area (Å²) in [5, 5.41) is 2.81. The van der Waals surface area contributed by atoms with E-state index in [0.717, 1.165) is 11.3 Å². The lowest BCUT2D eigenvalue weighted by molar-refractivity contribution is 0.102. The number of para-hydroxylation sites is 1. The first kappa shape index (κ1) is 13.0. The van der Waals surface area contributed by atoms with Crippen molar-refractivity contribution in [2.24, 2.45) is 0 Å². The molecule has 0 saturated heterocycles. The van der Waals surface area contributed by atoms with Crippen LogP contribution < -0.4 is 11.1 Å². The van der Waals surface area contributed by atoms with Crippen molar-refractivity contribution in [2.45, 2.75) is 6.92 Å². The third kappa shape index (κ3) is 2.51. The molecular formula is C11H9BrFN3OS. The van der Waals surface area contributed by atoms with Gasteiger partial charge >= 0.3 is 0 Å². The Balaban J connectivity index is 2.30. The number of carbonyl (C=O) groups is 1. The Morgan fingerprint density at radius 2 is 2.28 bits per heavy atom. The van der Waals surface area contributed by atoms with Crippen LogP contribution in [0, 0.1) is 12.7 Å². The molecule has 0 aliphatic heterocycles. The first-order valence-electron chi connectivity index (χ1n) is 4.97.